The van der Waals surface area contributed by atoms with Crippen molar-refractivity contribution < 1.29 is 24.2 Å². The Morgan fingerprint density at radius 2 is 1.76 bits per heavy atom. The lowest BCUT2D eigenvalue weighted by molar-refractivity contribution is 0.0516. The molecule has 0 bridgehead atoms. The summed E-state index contributed by atoms with van der Waals surface area (Å²) in [6.07, 6.45) is -0.594. The number of benzene rings is 3. The van der Waals surface area contributed by atoms with Gasteiger partial charge in [0.25, 0.3) is 0 Å². The number of aliphatic hydroxyl groups excluding tert-OH is 1. The van der Waals surface area contributed by atoms with E-state index < -0.39 is 12.1 Å². The van der Waals surface area contributed by atoms with Crippen LogP contribution in [0.1, 0.15) is 28.5 Å². The first-order chi connectivity index (χ1) is 18.0. The van der Waals surface area contributed by atoms with E-state index in [2.05, 4.69) is 14.1 Å². The number of aromatic nitrogens is 3. The van der Waals surface area contributed by atoms with E-state index in [1.165, 1.54) is 7.11 Å². The first kappa shape index (κ1) is 24.4. The molecule has 0 aliphatic carbocycles. The van der Waals surface area contributed by atoms with Crippen molar-refractivity contribution in [2.24, 2.45) is 0 Å². The summed E-state index contributed by atoms with van der Waals surface area (Å²) in [5, 5.41) is 13.0. The van der Waals surface area contributed by atoms with Crippen molar-refractivity contribution in [1.29, 1.82) is 0 Å². The molecular weight excluding hydrogens is 492 g/mol. The lowest BCUT2D eigenvalue weighted by Crippen LogP contribution is -2.14. The number of esters is 1. The Morgan fingerprint density at radius 3 is 2.49 bits per heavy atom. The fraction of sp³-hybridized carbons (Fsp3) is 0.185. The molecule has 2 heterocycles. The van der Waals surface area contributed by atoms with Crippen LogP contribution in [0.3, 0.4) is 0 Å². The van der Waals surface area contributed by atoms with Crippen molar-refractivity contribution in [2.45, 2.75) is 20.1 Å². The Bertz CT molecular complexity index is 1610. The molecule has 9 nitrogen and oxygen atoms in total. The molecule has 188 valence electrons. The van der Waals surface area contributed by atoms with Crippen LogP contribution in [0.25, 0.3) is 33.1 Å². The number of carbonyl (C=O) groups excluding carboxylic acids is 2. The summed E-state index contributed by atoms with van der Waals surface area (Å²) in [6.45, 7) is 2.28. The van der Waals surface area contributed by atoms with Gasteiger partial charge in [0.1, 0.15) is 16.7 Å². The fourth-order valence-electron chi connectivity index (χ4n) is 4.35. The number of ether oxygens (including phenoxy) is 2. The van der Waals surface area contributed by atoms with E-state index >= 15 is 0 Å². The van der Waals surface area contributed by atoms with Gasteiger partial charge in [-0.05, 0) is 53.9 Å². The van der Waals surface area contributed by atoms with E-state index in [1.54, 1.807) is 13.0 Å². The molecule has 0 aliphatic heterocycles. The van der Waals surface area contributed by atoms with E-state index in [-0.39, 0.29) is 13.2 Å². The molecule has 2 N–H and O–H groups in total. The Morgan fingerprint density at radius 1 is 1.00 bits per heavy atom. The number of nitrogens with one attached hydrogen (secondary N) is 1. The molecule has 0 saturated heterocycles. The summed E-state index contributed by atoms with van der Waals surface area (Å²) in [5.74, 6) is -0.459. The van der Waals surface area contributed by atoms with Crippen LogP contribution in [-0.2, 0) is 22.6 Å². The Balaban J connectivity index is 1.75. The van der Waals surface area contributed by atoms with Gasteiger partial charge in [-0.25, -0.2) is 9.59 Å². The van der Waals surface area contributed by atoms with Crippen LogP contribution >= 0.6 is 11.7 Å². The molecule has 5 rings (SSSR count). The summed E-state index contributed by atoms with van der Waals surface area (Å²) in [5.41, 5.74) is 6.46. The minimum Gasteiger partial charge on any atom is -0.461 e. The molecule has 0 spiro atoms. The highest BCUT2D eigenvalue weighted by Crippen LogP contribution is 2.38. The van der Waals surface area contributed by atoms with Crippen LogP contribution in [0, 0.1) is 0 Å². The number of aliphatic hydroxyl groups is 1. The normalized spacial score (nSPS) is 11.1. The fourth-order valence-corrected chi connectivity index (χ4v) is 4.87. The number of carbonyl (C=O) groups is 2. The maximum absolute atomic E-state index is 13.4. The van der Waals surface area contributed by atoms with Gasteiger partial charge in [-0.3, -0.25) is 5.32 Å². The maximum Gasteiger partial charge on any atom is 0.411 e. The number of fused-ring (bicyclic) bond motifs is 2. The van der Waals surface area contributed by atoms with Gasteiger partial charge in [-0.1, -0.05) is 30.3 Å². The highest BCUT2D eigenvalue weighted by molar-refractivity contribution is 7.00. The molecule has 2 aromatic heterocycles. The highest BCUT2D eigenvalue weighted by atomic mass is 32.1. The predicted molar refractivity (Wildman–Crippen MR) is 142 cm³/mol. The van der Waals surface area contributed by atoms with Gasteiger partial charge in [-0.15, -0.1) is 0 Å². The predicted octanol–water partition coefficient (Wildman–Crippen LogP) is 5.21. The molecule has 1 amide bonds. The van der Waals surface area contributed by atoms with E-state index in [0.717, 1.165) is 50.4 Å². The zero-order valence-corrected chi connectivity index (χ0v) is 21.0. The van der Waals surface area contributed by atoms with E-state index in [1.807, 2.05) is 59.2 Å². The van der Waals surface area contributed by atoms with Gasteiger partial charge in [0.15, 0.2) is 0 Å². The molecule has 0 fully saturated rings. The third kappa shape index (κ3) is 4.76. The van der Waals surface area contributed by atoms with Crippen LogP contribution in [0.4, 0.5) is 10.5 Å². The number of hydrogen-bond acceptors (Lipinski definition) is 8. The second kappa shape index (κ2) is 10.4. The standard InChI is InChI=1S/C27H24N4O5S/c1-3-36-26(33)25-24(18-7-4-16(15-32)5-8-18)20-13-19(28-27(34)35-2)9-11-23(20)31(25)14-17-6-10-21-22(12-17)30-37-29-21/h4-13,32H,3,14-15H2,1-2H3,(H,28,34). The first-order valence-corrected chi connectivity index (χ1v) is 12.3. The second-order valence-electron chi connectivity index (χ2n) is 8.32. The maximum atomic E-state index is 13.4. The van der Waals surface area contributed by atoms with Crippen molar-refractivity contribution >= 4 is 51.4 Å². The van der Waals surface area contributed by atoms with E-state index in [4.69, 9.17) is 9.47 Å². The molecule has 37 heavy (non-hydrogen) atoms. The zero-order valence-electron chi connectivity index (χ0n) is 20.2. The largest absolute Gasteiger partial charge is 0.461 e. The topological polar surface area (TPSA) is 116 Å². The van der Waals surface area contributed by atoms with Gasteiger partial charge in [0.05, 0.1) is 32.1 Å². The lowest BCUT2D eigenvalue weighted by Gasteiger charge is -2.12. The van der Waals surface area contributed by atoms with Gasteiger partial charge >= 0.3 is 12.1 Å². The van der Waals surface area contributed by atoms with Crippen LogP contribution in [0.2, 0.25) is 0 Å². The third-order valence-electron chi connectivity index (χ3n) is 6.05. The minimum atomic E-state index is -0.594. The van der Waals surface area contributed by atoms with Crippen LogP contribution < -0.4 is 5.32 Å². The molecule has 0 radical (unpaired) electrons. The van der Waals surface area contributed by atoms with Gasteiger partial charge in [0.2, 0.25) is 0 Å². The Labute approximate surface area is 216 Å². The summed E-state index contributed by atoms with van der Waals surface area (Å²) in [7, 11) is 1.30. The Hall–Kier alpha value is -4.28. The SMILES string of the molecule is CCOC(=O)c1c(-c2ccc(CO)cc2)c2cc(NC(=O)OC)ccc2n1Cc1ccc2nsnc2c1. The van der Waals surface area contributed by atoms with Crippen molar-refractivity contribution in [3.05, 3.63) is 77.5 Å². The summed E-state index contributed by atoms with van der Waals surface area (Å²) in [6, 6.07) is 18.6. The molecule has 5 aromatic rings. The summed E-state index contributed by atoms with van der Waals surface area (Å²) in [4.78, 5) is 25.3. The number of nitrogens with zero attached hydrogens (tertiary/aromatic N) is 3. The Kier molecular flexibility index (Phi) is 6.85. The monoisotopic (exact) mass is 516 g/mol. The number of hydrogen-bond donors (Lipinski definition) is 2. The second-order valence-corrected chi connectivity index (χ2v) is 8.85. The molecular formula is C27H24N4O5S. The first-order valence-electron chi connectivity index (χ1n) is 11.6. The minimum absolute atomic E-state index is 0.0894. The molecule has 0 unspecified atom stereocenters. The van der Waals surface area contributed by atoms with Gasteiger partial charge < -0.3 is 19.1 Å². The lowest BCUT2D eigenvalue weighted by atomic mass is 10.00. The van der Waals surface area contributed by atoms with Crippen molar-refractivity contribution in [3.63, 3.8) is 0 Å². The van der Waals surface area contributed by atoms with Gasteiger partial charge in [-0.2, -0.15) is 8.75 Å². The summed E-state index contributed by atoms with van der Waals surface area (Å²) < 4.78 is 20.8. The zero-order chi connectivity index (χ0) is 25.9. The van der Waals surface area contributed by atoms with Gasteiger partial charge in [0, 0.05) is 28.7 Å². The molecule has 10 heteroatoms. The van der Waals surface area contributed by atoms with Crippen LogP contribution in [0.15, 0.2) is 60.7 Å². The van der Waals surface area contributed by atoms with Crippen molar-refractivity contribution in [3.8, 4) is 11.1 Å². The average Bonchev–Trinajstić information content (AvgIpc) is 3.51. The quantitative estimate of drug-likeness (QED) is 0.285. The van der Waals surface area contributed by atoms with E-state index in [9.17, 15) is 14.7 Å². The van der Waals surface area contributed by atoms with Crippen molar-refractivity contribution in [2.75, 3.05) is 19.0 Å². The van der Waals surface area contributed by atoms with Crippen LogP contribution in [0.5, 0.6) is 0 Å². The van der Waals surface area contributed by atoms with Crippen molar-refractivity contribution in [1.82, 2.24) is 13.3 Å². The highest BCUT2D eigenvalue weighted by Gasteiger charge is 2.26. The van der Waals surface area contributed by atoms with E-state index in [0.29, 0.717) is 23.5 Å². The smallest absolute Gasteiger partial charge is 0.411 e. The number of anilines is 1. The average molecular weight is 517 g/mol. The number of rotatable bonds is 7. The number of methoxy groups -OCH3 is 1. The molecule has 0 saturated carbocycles. The molecule has 3 aromatic carbocycles. The molecule has 0 aliphatic rings. The summed E-state index contributed by atoms with van der Waals surface area (Å²) >= 11 is 1.15. The number of amides is 1. The van der Waals surface area contributed by atoms with Crippen LogP contribution in [-0.4, -0.2) is 44.2 Å². The third-order valence-corrected chi connectivity index (χ3v) is 6.60. The molecule has 0 atom stereocenters.